The van der Waals surface area contributed by atoms with Crippen LogP contribution in [0.25, 0.3) is 0 Å². The summed E-state index contributed by atoms with van der Waals surface area (Å²) in [6.07, 6.45) is 2.92. The van der Waals surface area contributed by atoms with Gasteiger partial charge in [-0.15, -0.1) is 0 Å². The van der Waals surface area contributed by atoms with E-state index in [9.17, 15) is 0 Å². The van der Waals surface area contributed by atoms with E-state index in [0.29, 0.717) is 0 Å². The van der Waals surface area contributed by atoms with Gasteiger partial charge >= 0.3 is 0 Å². The molecule has 0 bridgehead atoms. The maximum Gasteiger partial charge on any atom is -0.0414 e. The fourth-order valence-electron chi connectivity index (χ4n) is 1.83. The smallest absolute Gasteiger partial charge is 0.0414 e. The molecule has 1 rings (SSSR count). The van der Waals surface area contributed by atoms with Gasteiger partial charge in [0, 0.05) is 0 Å². The monoisotopic (exact) mass is 112 g/mol. The minimum Gasteiger partial charge on any atom is -0.0625 e. The molecule has 1 fully saturated rings. The van der Waals surface area contributed by atoms with Crippen molar-refractivity contribution in [2.45, 2.75) is 33.6 Å². The quantitative estimate of drug-likeness (QED) is 0.452. The molecule has 1 saturated carbocycles. The topological polar surface area (TPSA) is 0 Å². The zero-order chi connectivity index (χ0) is 6.15. The van der Waals surface area contributed by atoms with Crippen LogP contribution in [0.15, 0.2) is 0 Å². The van der Waals surface area contributed by atoms with E-state index in [1.807, 2.05) is 0 Å². The molecule has 0 amide bonds. The highest BCUT2D eigenvalue weighted by atomic mass is 14.3. The third kappa shape index (κ3) is 1.04. The summed E-state index contributed by atoms with van der Waals surface area (Å²) in [5.74, 6) is 2.98. The maximum absolute atomic E-state index is 2.37. The summed E-state index contributed by atoms with van der Waals surface area (Å²) < 4.78 is 0. The molecule has 1 aliphatic rings. The van der Waals surface area contributed by atoms with E-state index in [0.717, 1.165) is 17.8 Å². The summed E-state index contributed by atoms with van der Waals surface area (Å²) in [4.78, 5) is 0. The summed E-state index contributed by atoms with van der Waals surface area (Å²) >= 11 is 0. The van der Waals surface area contributed by atoms with Gasteiger partial charge in [0.25, 0.3) is 0 Å². The third-order valence-electron chi connectivity index (χ3n) is 2.52. The minimum atomic E-state index is 0.991. The van der Waals surface area contributed by atoms with Crippen LogP contribution in [-0.4, -0.2) is 0 Å². The average Bonchev–Trinajstić information content (AvgIpc) is 1.85. The van der Waals surface area contributed by atoms with E-state index in [4.69, 9.17) is 0 Å². The molecule has 8 heavy (non-hydrogen) atoms. The molecule has 48 valence electrons. The molecule has 0 aromatic rings. The molecule has 0 N–H and O–H groups in total. The van der Waals surface area contributed by atoms with E-state index in [-0.39, 0.29) is 0 Å². The molecule has 0 spiro atoms. The van der Waals surface area contributed by atoms with Crippen LogP contribution < -0.4 is 0 Å². The van der Waals surface area contributed by atoms with E-state index in [1.165, 1.54) is 12.8 Å². The number of hydrogen-bond acceptors (Lipinski definition) is 0. The van der Waals surface area contributed by atoms with Gasteiger partial charge in [0.15, 0.2) is 0 Å². The van der Waals surface area contributed by atoms with Gasteiger partial charge in [0.1, 0.15) is 0 Å². The summed E-state index contributed by atoms with van der Waals surface area (Å²) in [5, 5.41) is 0. The lowest BCUT2D eigenvalue weighted by Gasteiger charge is -2.04. The highest BCUT2D eigenvalue weighted by Crippen LogP contribution is 2.34. The van der Waals surface area contributed by atoms with Crippen molar-refractivity contribution in [3.8, 4) is 0 Å². The van der Waals surface area contributed by atoms with Gasteiger partial charge < -0.3 is 0 Å². The maximum atomic E-state index is 2.37. The van der Waals surface area contributed by atoms with Crippen LogP contribution in [0, 0.1) is 17.8 Å². The van der Waals surface area contributed by atoms with E-state index < -0.39 is 0 Å². The van der Waals surface area contributed by atoms with Gasteiger partial charge in [0.2, 0.25) is 0 Å². The predicted molar refractivity (Wildman–Crippen MR) is 36.7 cm³/mol. The Morgan fingerprint density at radius 3 is 1.38 bits per heavy atom. The van der Waals surface area contributed by atoms with Gasteiger partial charge in [0.05, 0.1) is 0 Å². The molecule has 0 heteroatoms. The normalized spacial score (nSPS) is 47.6. The average molecular weight is 112 g/mol. The SMILES string of the molecule is CC1C[C@@H](C)[C@@H](C)C1. The second-order valence-electron chi connectivity index (χ2n) is 3.53. The van der Waals surface area contributed by atoms with Crippen molar-refractivity contribution in [3.05, 3.63) is 0 Å². The fraction of sp³-hybridized carbons (Fsp3) is 1.00. The van der Waals surface area contributed by atoms with Crippen LogP contribution in [0.3, 0.4) is 0 Å². The fourth-order valence-corrected chi connectivity index (χ4v) is 1.83. The van der Waals surface area contributed by atoms with Gasteiger partial charge in [-0.2, -0.15) is 0 Å². The molecule has 0 aliphatic heterocycles. The van der Waals surface area contributed by atoms with Gasteiger partial charge in [-0.25, -0.2) is 0 Å². The first-order valence-electron chi connectivity index (χ1n) is 3.70. The number of hydrogen-bond donors (Lipinski definition) is 0. The number of rotatable bonds is 0. The highest BCUT2D eigenvalue weighted by molar-refractivity contribution is 4.74. The van der Waals surface area contributed by atoms with E-state index >= 15 is 0 Å². The Labute approximate surface area is 52.3 Å². The zero-order valence-electron chi connectivity index (χ0n) is 6.15. The first-order chi connectivity index (χ1) is 3.70. The molecule has 1 aliphatic carbocycles. The van der Waals surface area contributed by atoms with Gasteiger partial charge in [-0.1, -0.05) is 20.8 Å². The minimum absolute atomic E-state index is 0.991. The van der Waals surface area contributed by atoms with Crippen LogP contribution in [0.4, 0.5) is 0 Å². The molecular weight excluding hydrogens is 96.1 g/mol. The van der Waals surface area contributed by atoms with Crippen molar-refractivity contribution < 1.29 is 0 Å². The molecule has 1 unspecified atom stereocenters. The van der Waals surface area contributed by atoms with Crippen molar-refractivity contribution in [1.29, 1.82) is 0 Å². The Kier molecular flexibility index (Phi) is 1.59. The van der Waals surface area contributed by atoms with Crippen LogP contribution in [0.5, 0.6) is 0 Å². The lowest BCUT2D eigenvalue weighted by molar-refractivity contribution is 0.457. The van der Waals surface area contributed by atoms with Crippen molar-refractivity contribution in [1.82, 2.24) is 0 Å². The molecule has 0 saturated heterocycles. The first kappa shape index (κ1) is 6.12. The zero-order valence-corrected chi connectivity index (χ0v) is 6.15. The van der Waals surface area contributed by atoms with Crippen LogP contribution in [0.1, 0.15) is 33.6 Å². The van der Waals surface area contributed by atoms with Crippen molar-refractivity contribution in [3.63, 3.8) is 0 Å². The molecule has 0 radical (unpaired) electrons. The molecule has 0 aromatic carbocycles. The Morgan fingerprint density at radius 2 is 1.25 bits per heavy atom. The Bertz CT molecular complexity index is 66.1. The Morgan fingerprint density at radius 1 is 0.875 bits per heavy atom. The van der Waals surface area contributed by atoms with Crippen molar-refractivity contribution in [2.75, 3.05) is 0 Å². The largest absolute Gasteiger partial charge is 0.0625 e. The lowest BCUT2D eigenvalue weighted by atomic mass is 10.0. The van der Waals surface area contributed by atoms with Gasteiger partial charge in [-0.3, -0.25) is 0 Å². The Balaban J connectivity index is 2.39. The Hall–Kier alpha value is 0. The second-order valence-corrected chi connectivity index (χ2v) is 3.53. The van der Waals surface area contributed by atoms with Gasteiger partial charge in [-0.05, 0) is 30.6 Å². The summed E-state index contributed by atoms with van der Waals surface area (Å²) in [6, 6.07) is 0. The van der Waals surface area contributed by atoms with E-state index in [2.05, 4.69) is 20.8 Å². The van der Waals surface area contributed by atoms with Crippen LogP contribution >= 0.6 is 0 Å². The predicted octanol–water partition coefficient (Wildman–Crippen LogP) is 2.69. The van der Waals surface area contributed by atoms with Crippen LogP contribution in [-0.2, 0) is 0 Å². The van der Waals surface area contributed by atoms with E-state index in [1.54, 1.807) is 0 Å². The third-order valence-corrected chi connectivity index (χ3v) is 2.52. The molecule has 0 heterocycles. The summed E-state index contributed by atoms with van der Waals surface area (Å²) in [6.45, 7) is 7.10. The summed E-state index contributed by atoms with van der Waals surface area (Å²) in [5.41, 5.74) is 0. The highest BCUT2D eigenvalue weighted by Gasteiger charge is 2.24. The van der Waals surface area contributed by atoms with Crippen LogP contribution in [0.2, 0.25) is 0 Å². The molecule has 3 atom stereocenters. The van der Waals surface area contributed by atoms with Crippen molar-refractivity contribution >= 4 is 0 Å². The molecule has 0 aromatic heterocycles. The standard InChI is InChI=1S/C8H16/c1-6-4-7(2)8(3)5-6/h6-8H,4-5H2,1-3H3/t6?,7-,8+. The second kappa shape index (κ2) is 2.08. The molecule has 0 nitrogen and oxygen atoms in total. The van der Waals surface area contributed by atoms with Crippen molar-refractivity contribution in [2.24, 2.45) is 17.8 Å². The lowest BCUT2D eigenvalue weighted by Crippen LogP contribution is -1.95. The summed E-state index contributed by atoms with van der Waals surface area (Å²) in [7, 11) is 0. The molecular formula is C8H16. The first-order valence-corrected chi connectivity index (χ1v) is 3.70.